The molecule has 0 atom stereocenters. The van der Waals surface area contributed by atoms with Gasteiger partial charge in [0, 0.05) is 134 Å². The maximum absolute atomic E-state index is 13.2. The van der Waals surface area contributed by atoms with Crippen LogP contribution in [-0.4, -0.2) is 75.0 Å². The third-order valence-corrected chi connectivity index (χ3v) is 12.9. The van der Waals surface area contributed by atoms with E-state index in [-0.39, 0.29) is 11.8 Å². The highest BCUT2D eigenvalue weighted by molar-refractivity contribution is 6.00. The molecule has 0 spiro atoms. The predicted octanol–water partition coefficient (Wildman–Crippen LogP) is 8.45. The molecule has 56 heavy (non-hydrogen) atoms. The second kappa shape index (κ2) is 16.8. The minimum atomic E-state index is 0.184. The second-order valence-corrected chi connectivity index (χ2v) is 16.9. The number of aryl methyl sites for hydroxylation is 2. The fourth-order valence-corrected chi connectivity index (χ4v) is 9.58. The summed E-state index contributed by atoms with van der Waals surface area (Å²) >= 11 is 0. The Morgan fingerprint density at radius 3 is 1.79 bits per heavy atom. The van der Waals surface area contributed by atoms with Crippen molar-refractivity contribution in [3.05, 3.63) is 94.4 Å². The summed E-state index contributed by atoms with van der Waals surface area (Å²) in [5.41, 5.74) is 9.89. The number of nitrogens with one attached hydrogen (secondary N) is 1. The number of piperidine rings is 2. The van der Waals surface area contributed by atoms with Crippen molar-refractivity contribution in [2.45, 2.75) is 105 Å². The lowest BCUT2D eigenvalue weighted by Crippen LogP contribution is -2.37. The Bertz CT molecular complexity index is 2170. The SMILES string of the molecule is CCCn1c2c(c3cc(C(=O)N4CCC(C)CC4)ccc31)CN(c1ccccn1)CC2.CCCn1c2c(c3cc(C(=O)N4CCC(C)CC4)ccc31)CNCC2. The van der Waals surface area contributed by atoms with Gasteiger partial charge in [-0.3, -0.25) is 9.59 Å². The molecule has 0 saturated carbocycles. The number of fused-ring (bicyclic) bond motifs is 6. The number of aromatic nitrogens is 3. The summed E-state index contributed by atoms with van der Waals surface area (Å²) in [4.78, 5) is 37.2. The van der Waals surface area contributed by atoms with Crippen molar-refractivity contribution in [1.29, 1.82) is 0 Å². The highest BCUT2D eigenvalue weighted by Gasteiger charge is 2.28. The topological polar surface area (TPSA) is 78.6 Å². The molecule has 0 aliphatic carbocycles. The number of hydrogen-bond acceptors (Lipinski definition) is 5. The van der Waals surface area contributed by atoms with E-state index in [1.165, 1.54) is 44.3 Å². The Morgan fingerprint density at radius 2 is 1.25 bits per heavy atom. The van der Waals surface area contributed by atoms with Gasteiger partial charge in [-0.15, -0.1) is 0 Å². The standard InChI is InChI=1S/C26H32N4O.C21H29N3O/c1-3-13-30-23-8-7-20(26(31)28-14-9-19(2)10-15-28)17-21(23)22-18-29(16-11-24(22)30)25-6-4-5-12-27-25;1-3-10-24-19-5-4-16(21(25)23-11-7-15(2)8-12-23)13-17(19)18-14-22-9-6-20(18)24/h4-8,12,17,19H,3,9-11,13-16,18H2,1-2H3;4-5,13,15,22H,3,6-12,14H2,1-2H3. The summed E-state index contributed by atoms with van der Waals surface area (Å²) < 4.78 is 4.96. The van der Waals surface area contributed by atoms with Crippen LogP contribution < -0.4 is 10.2 Å². The van der Waals surface area contributed by atoms with Crippen LogP contribution in [0.2, 0.25) is 0 Å². The van der Waals surface area contributed by atoms with Crippen molar-refractivity contribution in [3.8, 4) is 0 Å². The van der Waals surface area contributed by atoms with E-state index >= 15 is 0 Å². The van der Waals surface area contributed by atoms with Crippen LogP contribution in [0.15, 0.2) is 60.8 Å². The normalized spacial score (nSPS) is 17.8. The van der Waals surface area contributed by atoms with Crippen molar-refractivity contribution in [1.82, 2.24) is 29.2 Å². The number of nitrogens with zero attached hydrogens (tertiary/aromatic N) is 6. The van der Waals surface area contributed by atoms with Gasteiger partial charge in [0.2, 0.25) is 0 Å². The van der Waals surface area contributed by atoms with Crippen molar-refractivity contribution in [2.24, 2.45) is 11.8 Å². The Kier molecular flexibility index (Phi) is 11.5. The summed E-state index contributed by atoms with van der Waals surface area (Å²) in [5, 5.41) is 6.00. The minimum Gasteiger partial charge on any atom is -0.352 e. The number of benzene rings is 2. The van der Waals surface area contributed by atoms with E-state index < -0.39 is 0 Å². The Balaban J connectivity index is 0.000000161. The fourth-order valence-electron chi connectivity index (χ4n) is 9.58. The summed E-state index contributed by atoms with van der Waals surface area (Å²) in [5.74, 6) is 2.88. The molecule has 9 nitrogen and oxygen atoms in total. The van der Waals surface area contributed by atoms with Gasteiger partial charge >= 0.3 is 0 Å². The maximum Gasteiger partial charge on any atom is 0.253 e. The highest BCUT2D eigenvalue weighted by atomic mass is 16.2. The molecule has 2 fully saturated rings. The third kappa shape index (κ3) is 7.59. The van der Waals surface area contributed by atoms with Crippen molar-refractivity contribution >= 4 is 39.4 Å². The molecule has 9 heteroatoms. The van der Waals surface area contributed by atoms with E-state index in [9.17, 15) is 9.59 Å². The van der Waals surface area contributed by atoms with E-state index in [2.05, 4.69) is 88.4 Å². The molecule has 0 bridgehead atoms. The molecule has 2 saturated heterocycles. The van der Waals surface area contributed by atoms with E-state index in [1.807, 2.05) is 34.2 Å². The zero-order valence-electron chi connectivity index (χ0n) is 34.2. The van der Waals surface area contributed by atoms with E-state index in [4.69, 9.17) is 0 Å². The largest absolute Gasteiger partial charge is 0.352 e. The van der Waals surface area contributed by atoms with Crippen molar-refractivity contribution in [3.63, 3.8) is 0 Å². The first-order valence-corrected chi connectivity index (χ1v) is 21.6. The van der Waals surface area contributed by atoms with Gasteiger partial charge in [0.05, 0.1) is 0 Å². The summed E-state index contributed by atoms with van der Waals surface area (Å²) in [6.45, 7) is 18.4. The number of carbonyl (C=O) groups is 2. The van der Waals surface area contributed by atoms with Crippen LogP contribution >= 0.6 is 0 Å². The highest BCUT2D eigenvalue weighted by Crippen LogP contribution is 2.34. The number of amides is 2. The zero-order valence-corrected chi connectivity index (χ0v) is 34.2. The first-order valence-electron chi connectivity index (χ1n) is 21.6. The van der Waals surface area contributed by atoms with Gasteiger partial charge in [-0.25, -0.2) is 4.98 Å². The van der Waals surface area contributed by atoms with Crippen LogP contribution in [0.1, 0.15) is 109 Å². The molecule has 3 aromatic heterocycles. The van der Waals surface area contributed by atoms with E-state index in [1.54, 1.807) is 0 Å². The van der Waals surface area contributed by atoms with Crippen molar-refractivity contribution in [2.75, 3.05) is 44.2 Å². The van der Waals surface area contributed by atoms with Gasteiger partial charge in [0.25, 0.3) is 11.8 Å². The molecule has 2 aromatic carbocycles. The average molecular weight is 756 g/mol. The second-order valence-electron chi connectivity index (χ2n) is 16.9. The molecular formula is C47H61N7O2. The van der Waals surface area contributed by atoms with Gasteiger partial charge in [-0.1, -0.05) is 33.8 Å². The zero-order chi connectivity index (χ0) is 38.8. The Hall–Kier alpha value is -4.63. The number of likely N-dealkylation sites (tertiary alicyclic amines) is 2. The van der Waals surface area contributed by atoms with Crippen LogP contribution in [0.5, 0.6) is 0 Å². The molecule has 9 rings (SSSR count). The van der Waals surface area contributed by atoms with Gasteiger partial charge in [-0.05, 0) is 104 Å². The van der Waals surface area contributed by atoms with Crippen LogP contribution in [0, 0.1) is 11.8 Å². The lowest BCUT2D eigenvalue weighted by Gasteiger charge is -2.30. The van der Waals surface area contributed by atoms with Gasteiger partial charge in [0.15, 0.2) is 0 Å². The molecule has 1 N–H and O–H groups in total. The predicted molar refractivity (Wildman–Crippen MR) is 227 cm³/mol. The summed E-state index contributed by atoms with van der Waals surface area (Å²) in [6.07, 6.45) is 10.7. The van der Waals surface area contributed by atoms with Crippen LogP contribution in [0.4, 0.5) is 5.82 Å². The first kappa shape index (κ1) is 38.3. The lowest BCUT2D eigenvalue weighted by atomic mass is 9.98. The molecule has 4 aliphatic heterocycles. The Morgan fingerprint density at radius 1 is 0.696 bits per heavy atom. The van der Waals surface area contributed by atoms with E-state index in [0.29, 0.717) is 0 Å². The average Bonchev–Trinajstić information content (AvgIpc) is 3.72. The van der Waals surface area contributed by atoms with Crippen LogP contribution in [0.3, 0.4) is 0 Å². The van der Waals surface area contributed by atoms with Gasteiger partial charge in [-0.2, -0.15) is 0 Å². The van der Waals surface area contributed by atoms with Crippen molar-refractivity contribution < 1.29 is 9.59 Å². The molecule has 7 heterocycles. The molecule has 4 aliphatic rings. The van der Waals surface area contributed by atoms with Crippen LogP contribution in [-0.2, 0) is 39.0 Å². The molecule has 0 radical (unpaired) electrons. The first-order chi connectivity index (χ1) is 27.3. The number of anilines is 1. The van der Waals surface area contributed by atoms with Crippen LogP contribution in [0.25, 0.3) is 21.8 Å². The molecule has 296 valence electrons. The number of carbonyl (C=O) groups excluding carboxylic acids is 2. The molecule has 0 unspecified atom stereocenters. The quantitative estimate of drug-likeness (QED) is 0.181. The van der Waals surface area contributed by atoms with Gasteiger partial charge < -0.3 is 29.2 Å². The minimum absolute atomic E-state index is 0.184. The smallest absolute Gasteiger partial charge is 0.253 e. The maximum atomic E-state index is 13.2. The third-order valence-electron chi connectivity index (χ3n) is 12.9. The number of pyridine rings is 1. The molecule has 5 aromatic rings. The lowest BCUT2D eigenvalue weighted by molar-refractivity contribution is 0.0689. The summed E-state index contributed by atoms with van der Waals surface area (Å²) in [7, 11) is 0. The molecule has 2 amide bonds. The number of rotatable bonds is 7. The van der Waals surface area contributed by atoms with Gasteiger partial charge in [0.1, 0.15) is 5.82 Å². The Labute approximate surface area is 333 Å². The monoisotopic (exact) mass is 755 g/mol. The fraction of sp³-hybridized carbons (Fsp3) is 0.511. The molecular weight excluding hydrogens is 695 g/mol. The summed E-state index contributed by atoms with van der Waals surface area (Å²) in [6, 6.07) is 18.8. The van der Waals surface area contributed by atoms with E-state index in [0.717, 1.165) is 146 Å². The number of hydrogen-bond donors (Lipinski definition) is 1.